The third-order valence-corrected chi connectivity index (χ3v) is 4.76. The molecule has 2 rings (SSSR count). The molecule has 0 aliphatic heterocycles. The van der Waals surface area contributed by atoms with Crippen LogP contribution in [0, 0.1) is 18.3 Å². The predicted octanol–water partition coefficient (Wildman–Crippen LogP) is 1.64. The monoisotopic (exact) mass is 325 g/mol. The Hall–Kier alpha value is -2.24. The standard InChI is InChI=1S/C12H12ClN5O2S/c1-7-11(12(15)16-18(7)2)21(19,20)17-10-4-3-8(6-14)5-9(10)13/h3-5,17H,1-2H3,(H2,15,16). The largest absolute Gasteiger partial charge is 0.381 e. The fourth-order valence-electron chi connectivity index (χ4n) is 1.81. The van der Waals surface area contributed by atoms with E-state index in [4.69, 9.17) is 22.6 Å². The minimum Gasteiger partial charge on any atom is -0.381 e. The van der Waals surface area contributed by atoms with Crippen molar-refractivity contribution in [1.82, 2.24) is 9.78 Å². The molecule has 0 aliphatic rings. The van der Waals surface area contributed by atoms with Gasteiger partial charge < -0.3 is 5.73 Å². The Morgan fingerprint density at radius 1 is 1.48 bits per heavy atom. The number of nitrogen functional groups attached to an aromatic ring is 1. The van der Waals surface area contributed by atoms with Gasteiger partial charge in [0.25, 0.3) is 10.0 Å². The van der Waals surface area contributed by atoms with E-state index in [-0.39, 0.29) is 21.4 Å². The van der Waals surface area contributed by atoms with Crippen molar-refractivity contribution in [3.8, 4) is 6.07 Å². The number of aromatic nitrogens is 2. The topological polar surface area (TPSA) is 114 Å². The van der Waals surface area contributed by atoms with E-state index >= 15 is 0 Å². The molecule has 1 aromatic heterocycles. The highest BCUT2D eigenvalue weighted by Crippen LogP contribution is 2.28. The van der Waals surface area contributed by atoms with E-state index in [1.807, 2.05) is 6.07 Å². The van der Waals surface area contributed by atoms with Gasteiger partial charge in [-0.25, -0.2) is 8.42 Å². The molecule has 0 unspecified atom stereocenters. The van der Waals surface area contributed by atoms with Crippen LogP contribution in [0.15, 0.2) is 23.1 Å². The van der Waals surface area contributed by atoms with Gasteiger partial charge in [0.2, 0.25) is 0 Å². The first-order chi connectivity index (χ1) is 9.76. The first-order valence-corrected chi connectivity index (χ1v) is 7.64. The highest BCUT2D eigenvalue weighted by Gasteiger charge is 2.25. The van der Waals surface area contributed by atoms with Gasteiger partial charge in [0.05, 0.1) is 28.0 Å². The summed E-state index contributed by atoms with van der Waals surface area (Å²) in [6.45, 7) is 1.60. The van der Waals surface area contributed by atoms with E-state index in [1.165, 1.54) is 22.9 Å². The van der Waals surface area contributed by atoms with Crippen LogP contribution in [0.5, 0.6) is 0 Å². The van der Waals surface area contributed by atoms with Gasteiger partial charge in [0.15, 0.2) is 10.7 Å². The third-order valence-electron chi connectivity index (χ3n) is 2.92. The molecule has 0 saturated carbocycles. The van der Waals surface area contributed by atoms with E-state index in [0.29, 0.717) is 11.3 Å². The number of nitrogens with zero attached hydrogens (tertiary/aromatic N) is 3. The van der Waals surface area contributed by atoms with Crippen molar-refractivity contribution < 1.29 is 8.42 Å². The molecule has 9 heteroatoms. The maximum atomic E-state index is 12.4. The number of nitrogens with one attached hydrogen (secondary N) is 1. The predicted molar refractivity (Wildman–Crippen MR) is 79.3 cm³/mol. The minimum atomic E-state index is -3.92. The fourth-order valence-corrected chi connectivity index (χ4v) is 3.50. The Labute approximate surface area is 127 Å². The number of anilines is 2. The summed E-state index contributed by atoms with van der Waals surface area (Å²) in [5, 5.41) is 12.8. The summed E-state index contributed by atoms with van der Waals surface area (Å²) in [6.07, 6.45) is 0. The van der Waals surface area contributed by atoms with E-state index in [1.54, 1.807) is 14.0 Å². The molecule has 1 aromatic carbocycles. The lowest BCUT2D eigenvalue weighted by Gasteiger charge is -2.10. The molecule has 0 amide bonds. The van der Waals surface area contributed by atoms with Crippen LogP contribution in [0.2, 0.25) is 5.02 Å². The molecule has 0 spiro atoms. The van der Waals surface area contributed by atoms with Crippen LogP contribution in [0.1, 0.15) is 11.3 Å². The lowest BCUT2D eigenvalue weighted by molar-refractivity contribution is 0.600. The van der Waals surface area contributed by atoms with Crippen LogP contribution in [0.25, 0.3) is 0 Å². The van der Waals surface area contributed by atoms with Crippen molar-refractivity contribution in [2.75, 3.05) is 10.5 Å². The summed E-state index contributed by atoms with van der Waals surface area (Å²) in [6, 6.07) is 6.17. The highest BCUT2D eigenvalue weighted by molar-refractivity contribution is 7.93. The van der Waals surface area contributed by atoms with Crippen molar-refractivity contribution in [3.05, 3.63) is 34.5 Å². The van der Waals surface area contributed by atoms with E-state index < -0.39 is 10.0 Å². The number of rotatable bonds is 3. The number of halogens is 1. The zero-order chi connectivity index (χ0) is 15.8. The molecule has 3 N–H and O–H groups in total. The van der Waals surface area contributed by atoms with Crippen molar-refractivity contribution in [2.45, 2.75) is 11.8 Å². The van der Waals surface area contributed by atoms with Crippen molar-refractivity contribution in [1.29, 1.82) is 5.26 Å². The number of benzene rings is 1. The second kappa shape index (κ2) is 5.27. The van der Waals surface area contributed by atoms with Gasteiger partial charge in [-0.05, 0) is 25.1 Å². The van der Waals surface area contributed by atoms with Gasteiger partial charge in [-0.2, -0.15) is 10.4 Å². The zero-order valence-electron chi connectivity index (χ0n) is 11.3. The molecule has 21 heavy (non-hydrogen) atoms. The van der Waals surface area contributed by atoms with Crippen LogP contribution < -0.4 is 10.5 Å². The molecule has 0 fully saturated rings. The van der Waals surface area contributed by atoms with Gasteiger partial charge in [-0.3, -0.25) is 9.40 Å². The number of sulfonamides is 1. The Morgan fingerprint density at radius 2 is 2.14 bits per heavy atom. The number of nitrogens with two attached hydrogens (primary N) is 1. The molecule has 0 bridgehead atoms. The smallest absolute Gasteiger partial charge is 0.267 e. The number of hydrogen-bond acceptors (Lipinski definition) is 5. The Balaban J connectivity index is 2.45. The summed E-state index contributed by atoms with van der Waals surface area (Å²) in [7, 11) is -2.32. The normalized spacial score (nSPS) is 11.1. The van der Waals surface area contributed by atoms with Crippen molar-refractivity contribution in [2.24, 2.45) is 7.05 Å². The number of nitriles is 1. The lowest BCUT2D eigenvalue weighted by atomic mass is 10.2. The summed E-state index contributed by atoms with van der Waals surface area (Å²) in [5.41, 5.74) is 6.54. The van der Waals surface area contributed by atoms with Gasteiger partial charge >= 0.3 is 0 Å². The molecule has 0 aliphatic carbocycles. The molecule has 7 nitrogen and oxygen atoms in total. The molecule has 2 aromatic rings. The van der Waals surface area contributed by atoms with Crippen LogP contribution in [0.4, 0.5) is 11.5 Å². The van der Waals surface area contributed by atoms with E-state index in [9.17, 15) is 8.42 Å². The Kier molecular flexibility index (Phi) is 3.80. The first kappa shape index (κ1) is 15.2. The second-order valence-corrected chi connectivity index (χ2v) is 6.36. The molecule has 0 atom stereocenters. The molecule has 0 radical (unpaired) electrons. The SMILES string of the molecule is Cc1c(S(=O)(=O)Nc2ccc(C#N)cc2Cl)c(N)nn1C. The van der Waals surface area contributed by atoms with Crippen LogP contribution in [-0.2, 0) is 17.1 Å². The summed E-state index contributed by atoms with van der Waals surface area (Å²) in [4.78, 5) is -0.0922. The average molecular weight is 326 g/mol. The fraction of sp³-hybridized carbons (Fsp3) is 0.167. The van der Waals surface area contributed by atoms with Crippen molar-refractivity contribution >= 4 is 33.1 Å². The molecule has 0 saturated heterocycles. The molecular weight excluding hydrogens is 314 g/mol. The Bertz CT molecular complexity index is 851. The van der Waals surface area contributed by atoms with Crippen LogP contribution in [-0.4, -0.2) is 18.2 Å². The minimum absolute atomic E-state index is 0.0905. The summed E-state index contributed by atoms with van der Waals surface area (Å²) >= 11 is 5.96. The zero-order valence-corrected chi connectivity index (χ0v) is 12.8. The molecular formula is C12H12ClN5O2S. The van der Waals surface area contributed by atoms with Crippen LogP contribution >= 0.6 is 11.6 Å². The van der Waals surface area contributed by atoms with Gasteiger partial charge in [-0.15, -0.1) is 0 Å². The van der Waals surface area contributed by atoms with Gasteiger partial charge in [0.1, 0.15) is 0 Å². The summed E-state index contributed by atoms with van der Waals surface area (Å²) < 4.78 is 28.5. The maximum Gasteiger partial charge on any atom is 0.267 e. The van der Waals surface area contributed by atoms with Gasteiger partial charge in [0, 0.05) is 7.05 Å². The maximum absolute atomic E-state index is 12.4. The molecule has 110 valence electrons. The third kappa shape index (κ3) is 2.79. The van der Waals surface area contributed by atoms with E-state index in [0.717, 1.165) is 0 Å². The lowest BCUT2D eigenvalue weighted by Crippen LogP contribution is -2.15. The van der Waals surface area contributed by atoms with Crippen molar-refractivity contribution in [3.63, 3.8) is 0 Å². The first-order valence-electron chi connectivity index (χ1n) is 5.78. The Morgan fingerprint density at radius 3 is 2.62 bits per heavy atom. The van der Waals surface area contributed by atoms with E-state index in [2.05, 4.69) is 9.82 Å². The molecule has 1 heterocycles. The van der Waals surface area contributed by atoms with Gasteiger partial charge in [-0.1, -0.05) is 11.6 Å². The number of hydrogen-bond donors (Lipinski definition) is 2. The summed E-state index contributed by atoms with van der Waals surface area (Å²) in [5.74, 6) is -0.0905. The second-order valence-electron chi connectivity index (χ2n) is 4.34. The van der Waals surface area contributed by atoms with Crippen LogP contribution in [0.3, 0.4) is 0 Å². The number of aryl methyl sites for hydroxylation is 1. The average Bonchev–Trinajstić information content (AvgIpc) is 2.66. The highest BCUT2D eigenvalue weighted by atomic mass is 35.5. The quantitative estimate of drug-likeness (QED) is 0.890.